The Morgan fingerprint density at radius 3 is 2.65 bits per heavy atom. The zero-order valence-electron chi connectivity index (χ0n) is 9.58. The van der Waals surface area contributed by atoms with Crippen molar-refractivity contribution >= 4 is 50.6 Å². The van der Waals surface area contributed by atoms with Gasteiger partial charge in [-0.3, -0.25) is 5.73 Å². The summed E-state index contributed by atoms with van der Waals surface area (Å²) in [6.45, 7) is 5.16. The summed E-state index contributed by atoms with van der Waals surface area (Å²) < 4.78 is 4.50. The molecule has 6 nitrogen and oxygen atoms in total. The van der Waals surface area contributed by atoms with Crippen LogP contribution in [0.25, 0.3) is 0 Å². The summed E-state index contributed by atoms with van der Waals surface area (Å²) in [4.78, 5) is 24.2. The van der Waals surface area contributed by atoms with Gasteiger partial charge in [-0.05, 0) is 59.3 Å². The zero-order valence-corrected chi connectivity index (χ0v) is 13.3. The standard InChI is InChI=1S/C9H13BrIN3O3/c1-8(2,3)17-7(16)14-4-5(10)9(11,12)13-6(14)15/h4H,12H2,1-3H3,(H,13,15). The summed E-state index contributed by atoms with van der Waals surface area (Å²) in [5.74, 6) is 0. The first kappa shape index (κ1) is 14.7. The maximum absolute atomic E-state index is 11.7. The van der Waals surface area contributed by atoms with Gasteiger partial charge in [-0.15, -0.1) is 0 Å². The molecule has 1 unspecified atom stereocenters. The molecule has 0 radical (unpaired) electrons. The summed E-state index contributed by atoms with van der Waals surface area (Å²) in [6, 6.07) is -0.626. The number of carbonyl (C=O) groups excluding carboxylic acids is 2. The maximum atomic E-state index is 11.7. The molecule has 1 aliphatic heterocycles. The number of halogens is 2. The Morgan fingerprint density at radius 1 is 1.65 bits per heavy atom. The van der Waals surface area contributed by atoms with Crippen LogP contribution in [-0.4, -0.2) is 26.3 Å². The van der Waals surface area contributed by atoms with Crippen LogP contribution in [0.5, 0.6) is 0 Å². The van der Waals surface area contributed by atoms with E-state index >= 15 is 0 Å². The van der Waals surface area contributed by atoms with Crippen LogP contribution in [0.15, 0.2) is 10.7 Å². The number of rotatable bonds is 0. The lowest BCUT2D eigenvalue weighted by atomic mass is 10.2. The number of amides is 3. The highest BCUT2D eigenvalue weighted by atomic mass is 127. The normalized spacial score (nSPS) is 25.2. The molecule has 1 atom stereocenters. The highest BCUT2D eigenvalue weighted by Gasteiger charge is 2.38. The van der Waals surface area contributed by atoms with Crippen molar-refractivity contribution < 1.29 is 14.3 Å². The lowest BCUT2D eigenvalue weighted by Gasteiger charge is -2.33. The van der Waals surface area contributed by atoms with Crippen molar-refractivity contribution in [3.8, 4) is 0 Å². The number of hydrogen-bond donors (Lipinski definition) is 2. The number of carbonyl (C=O) groups is 2. The summed E-state index contributed by atoms with van der Waals surface area (Å²) in [5, 5.41) is 2.46. The van der Waals surface area contributed by atoms with Crippen molar-refractivity contribution in [1.29, 1.82) is 0 Å². The third kappa shape index (κ3) is 3.81. The SMILES string of the molecule is CC(C)(C)OC(=O)N1C=C(Br)C(N)(I)NC1=O. The minimum Gasteiger partial charge on any atom is -0.443 e. The second-order valence-electron chi connectivity index (χ2n) is 4.47. The Kier molecular flexibility index (Phi) is 4.09. The topological polar surface area (TPSA) is 84.7 Å². The number of urea groups is 1. The summed E-state index contributed by atoms with van der Waals surface area (Å²) in [6.07, 6.45) is 0.554. The fraction of sp³-hybridized carbons (Fsp3) is 0.556. The molecule has 3 N–H and O–H groups in total. The molecule has 0 saturated heterocycles. The second kappa shape index (κ2) is 4.73. The number of alkyl halides is 1. The van der Waals surface area contributed by atoms with Gasteiger partial charge in [0.15, 0.2) is 3.67 Å². The molecule has 1 rings (SSSR count). The predicted octanol–water partition coefficient (Wildman–Crippen LogP) is 2.23. The Balaban J connectivity index is 2.90. The minimum absolute atomic E-state index is 0.469. The van der Waals surface area contributed by atoms with Crippen LogP contribution < -0.4 is 11.1 Å². The average molecular weight is 418 g/mol. The first-order valence-corrected chi connectivity index (χ1v) is 6.60. The first-order valence-electron chi connectivity index (χ1n) is 4.73. The molecule has 1 aliphatic rings. The lowest BCUT2D eigenvalue weighted by molar-refractivity contribution is 0.0380. The third-order valence-corrected chi connectivity index (χ3v) is 4.11. The van der Waals surface area contributed by atoms with E-state index in [0.29, 0.717) is 4.48 Å². The molecule has 0 aromatic carbocycles. The Morgan fingerprint density at radius 2 is 2.18 bits per heavy atom. The van der Waals surface area contributed by atoms with Crippen LogP contribution >= 0.6 is 38.5 Å². The molecule has 0 fully saturated rings. The predicted molar refractivity (Wildman–Crippen MR) is 74.6 cm³/mol. The molecule has 0 aromatic heterocycles. The highest BCUT2D eigenvalue weighted by Crippen LogP contribution is 2.29. The summed E-state index contributed by atoms with van der Waals surface area (Å²) >= 11 is 5.04. The van der Waals surface area contributed by atoms with E-state index < -0.39 is 21.4 Å². The fourth-order valence-corrected chi connectivity index (χ4v) is 1.66. The van der Waals surface area contributed by atoms with Gasteiger partial charge in [-0.2, -0.15) is 0 Å². The molecule has 8 heteroatoms. The van der Waals surface area contributed by atoms with Crippen molar-refractivity contribution in [2.24, 2.45) is 5.73 Å². The average Bonchev–Trinajstić information content (AvgIpc) is 2.07. The first-order chi connectivity index (χ1) is 7.53. The number of nitrogens with zero attached hydrogens (tertiary/aromatic N) is 1. The number of ether oxygens (including phenoxy) is 1. The van der Waals surface area contributed by atoms with Crippen molar-refractivity contribution in [3.63, 3.8) is 0 Å². The lowest BCUT2D eigenvalue weighted by Crippen LogP contribution is -2.59. The van der Waals surface area contributed by atoms with E-state index in [-0.39, 0.29) is 0 Å². The molecule has 96 valence electrons. The van der Waals surface area contributed by atoms with E-state index in [1.165, 1.54) is 6.20 Å². The molecular weight excluding hydrogens is 405 g/mol. The van der Waals surface area contributed by atoms with Crippen LogP contribution in [0.3, 0.4) is 0 Å². The van der Waals surface area contributed by atoms with Crippen LogP contribution in [0.2, 0.25) is 0 Å². The van der Waals surface area contributed by atoms with Gasteiger partial charge in [-0.25, -0.2) is 14.5 Å². The van der Waals surface area contributed by atoms with E-state index in [4.69, 9.17) is 10.5 Å². The third-order valence-electron chi connectivity index (χ3n) is 1.69. The molecule has 0 aliphatic carbocycles. The molecule has 0 bridgehead atoms. The van der Waals surface area contributed by atoms with Crippen molar-refractivity contribution in [2.75, 3.05) is 0 Å². The van der Waals surface area contributed by atoms with Crippen LogP contribution in [-0.2, 0) is 4.74 Å². The largest absolute Gasteiger partial charge is 0.443 e. The summed E-state index contributed by atoms with van der Waals surface area (Å²) in [5.41, 5.74) is 5.09. The van der Waals surface area contributed by atoms with Gasteiger partial charge in [0.1, 0.15) is 5.60 Å². The van der Waals surface area contributed by atoms with Gasteiger partial charge >= 0.3 is 12.1 Å². The van der Waals surface area contributed by atoms with E-state index in [1.54, 1.807) is 20.8 Å². The smallest absolute Gasteiger partial charge is 0.422 e. The van der Waals surface area contributed by atoms with E-state index in [0.717, 1.165) is 4.90 Å². The Hall–Kier alpha value is -0.350. The van der Waals surface area contributed by atoms with E-state index in [1.807, 2.05) is 22.6 Å². The Bertz CT molecular complexity index is 389. The van der Waals surface area contributed by atoms with Gasteiger partial charge < -0.3 is 10.1 Å². The zero-order chi connectivity index (χ0) is 13.4. The Labute approximate surface area is 121 Å². The second-order valence-corrected chi connectivity index (χ2v) is 7.03. The number of nitrogens with one attached hydrogen (secondary N) is 1. The number of nitrogens with two attached hydrogens (primary N) is 1. The van der Waals surface area contributed by atoms with Crippen LogP contribution in [0.1, 0.15) is 20.8 Å². The molecule has 0 spiro atoms. The fourth-order valence-electron chi connectivity index (χ4n) is 0.988. The molecule has 0 saturated carbocycles. The van der Waals surface area contributed by atoms with Crippen molar-refractivity contribution in [1.82, 2.24) is 10.2 Å². The molecule has 0 aromatic rings. The van der Waals surface area contributed by atoms with E-state index in [9.17, 15) is 9.59 Å². The van der Waals surface area contributed by atoms with Crippen molar-refractivity contribution in [2.45, 2.75) is 30.0 Å². The molecular formula is C9H13BrIN3O3. The number of imide groups is 1. The van der Waals surface area contributed by atoms with Gasteiger partial charge in [-0.1, -0.05) is 0 Å². The quantitative estimate of drug-likeness (QED) is 0.359. The van der Waals surface area contributed by atoms with E-state index in [2.05, 4.69) is 21.2 Å². The monoisotopic (exact) mass is 417 g/mol. The van der Waals surface area contributed by atoms with Crippen LogP contribution in [0, 0.1) is 0 Å². The van der Waals surface area contributed by atoms with Gasteiger partial charge in [0, 0.05) is 6.20 Å². The van der Waals surface area contributed by atoms with Gasteiger partial charge in [0.25, 0.3) is 0 Å². The van der Waals surface area contributed by atoms with Gasteiger partial charge in [0.05, 0.1) is 4.48 Å². The van der Waals surface area contributed by atoms with Crippen LogP contribution in [0.4, 0.5) is 9.59 Å². The summed E-state index contributed by atoms with van der Waals surface area (Å²) in [7, 11) is 0. The van der Waals surface area contributed by atoms with Crippen molar-refractivity contribution in [3.05, 3.63) is 10.7 Å². The molecule has 1 heterocycles. The molecule has 17 heavy (non-hydrogen) atoms. The van der Waals surface area contributed by atoms with Gasteiger partial charge in [0.2, 0.25) is 0 Å². The molecule has 3 amide bonds. The number of hydrogen-bond acceptors (Lipinski definition) is 4. The highest BCUT2D eigenvalue weighted by molar-refractivity contribution is 14.1. The minimum atomic E-state index is -1.05. The maximum Gasteiger partial charge on any atom is 0.422 e.